The molecule has 4 aromatic rings. The van der Waals surface area contributed by atoms with Gasteiger partial charge in [0.15, 0.2) is 11.2 Å². The number of fused-ring (bicyclic) bond motifs is 1. The lowest BCUT2D eigenvalue weighted by atomic mass is 10.0. The van der Waals surface area contributed by atoms with Crippen LogP contribution in [0.15, 0.2) is 42.9 Å². The van der Waals surface area contributed by atoms with Crippen LogP contribution in [0.4, 0.5) is 0 Å². The Labute approximate surface area is 162 Å². The predicted molar refractivity (Wildman–Crippen MR) is 106 cm³/mol. The third-order valence-corrected chi connectivity index (χ3v) is 5.45. The van der Waals surface area contributed by atoms with Crippen molar-refractivity contribution in [3.05, 3.63) is 48.7 Å². The Balaban J connectivity index is 1.44. The number of benzene rings is 1. The molecule has 5 rings (SSSR count). The second-order valence-corrected chi connectivity index (χ2v) is 7.59. The van der Waals surface area contributed by atoms with E-state index in [2.05, 4.69) is 32.5 Å². The van der Waals surface area contributed by atoms with E-state index in [-0.39, 0.29) is 0 Å². The Morgan fingerprint density at radius 1 is 1.11 bits per heavy atom. The summed E-state index contributed by atoms with van der Waals surface area (Å²) in [6.45, 7) is 0. The van der Waals surface area contributed by atoms with E-state index in [0.29, 0.717) is 17.5 Å². The van der Waals surface area contributed by atoms with Crippen LogP contribution in [0.5, 0.6) is 0 Å². The molecule has 2 atom stereocenters. The maximum absolute atomic E-state index is 6.04. The summed E-state index contributed by atoms with van der Waals surface area (Å²) in [5.74, 6) is 1.40. The fourth-order valence-corrected chi connectivity index (χ4v) is 3.96. The molecule has 3 heterocycles. The van der Waals surface area contributed by atoms with E-state index in [1.54, 1.807) is 15.6 Å². The van der Waals surface area contributed by atoms with Gasteiger partial charge in [0.25, 0.3) is 0 Å². The van der Waals surface area contributed by atoms with Gasteiger partial charge in [-0.2, -0.15) is 9.78 Å². The molecule has 0 amide bonds. The molecule has 3 aromatic heterocycles. The first-order valence-corrected chi connectivity index (χ1v) is 9.58. The molecule has 0 aliphatic heterocycles. The highest BCUT2D eigenvalue weighted by Gasteiger charge is 2.23. The van der Waals surface area contributed by atoms with Gasteiger partial charge in [-0.25, -0.2) is 9.97 Å². The predicted octanol–water partition coefficient (Wildman–Crippen LogP) is 2.28. The van der Waals surface area contributed by atoms with E-state index in [1.807, 2.05) is 31.6 Å². The van der Waals surface area contributed by atoms with E-state index >= 15 is 0 Å². The third-order valence-electron chi connectivity index (χ3n) is 5.45. The van der Waals surface area contributed by atoms with Crippen molar-refractivity contribution in [2.45, 2.75) is 31.7 Å². The number of nitrogens with two attached hydrogens (primary N) is 1. The number of rotatable bonds is 4. The fraction of sp³-hybridized carbons (Fsp3) is 0.350. The number of hydrogen-bond acceptors (Lipinski definition) is 6. The van der Waals surface area contributed by atoms with Gasteiger partial charge in [-0.05, 0) is 42.9 Å². The molecule has 28 heavy (non-hydrogen) atoms. The van der Waals surface area contributed by atoms with Gasteiger partial charge in [0.1, 0.15) is 5.82 Å². The van der Waals surface area contributed by atoms with Gasteiger partial charge in [-0.3, -0.25) is 4.68 Å². The minimum Gasteiger partial charge on any atom is -0.328 e. The van der Waals surface area contributed by atoms with Gasteiger partial charge in [0.05, 0.1) is 18.1 Å². The molecule has 8 nitrogen and oxygen atoms in total. The average molecular weight is 374 g/mol. The summed E-state index contributed by atoms with van der Waals surface area (Å²) in [6, 6.07) is 8.48. The lowest BCUT2D eigenvalue weighted by Gasteiger charge is -2.08. The van der Waals surface area contributed by atoms with Crippen molar-refractivity contribution in [3.63, 3.8) is 0 Å². The lowest BCUT2D eigenvalue weighted by molar-refractivity contribution is 0.521. The number of aryl methyl sites for hydroxylation is 1. The van der Waals surface area contributed by atoms with Crippen molar-refractivity contribution in [3.8, 4) is 16.8 Å². The molecule has 142 valence electrons. The molecule has 0 unspecified atom stereocenters. The standard InChI is InChI=1S/C20H22N8/c1-27-12-15(10-23-27)14-3-6-17(7-4-14)28-20-18(25-26-28)11-22-19(24-20)9-13-2-5-16(21)8-13/h3-4,6-7,10-13,16H,2,5,8-9,21H2,1H3/t13-,16+/m1/s1. The van der Waals surface area contributed by atoms with E-state index in [9.17, 15) is 0 Å². The van der Waals surface area contributed by atoms with Gasteiger partial charge in [0, 0.05) is 31.3 Å². The van der Waals surface area contributed by atoms with Gasteiger partial charge in [-0.1, -0.05) is 17.3 Å². The Hall–Kier alpha value is -3.13. The van der Waals surface area contributed by atoms with Crippen LogP contribution in [-0.2, 0) is 13.5 Å². The third kappa shape index (κ3) is 3.16. The molecule has 1 aromatic carbocycles. The van der Waals surface area contributed by atoms with Crippen LogP contribution in [0.2, 0.25) is 0 Å². The normalized spacial score (nSPS) is 19.5. The zero-order chi connectivity index (χ0) is 19.1. The summed E-state index contributed by atoms with van der Waals surface area (Å²) in [5, 5.41) is 12.7. The second kappa shape index (κ2) is 6.79. The lowest BCUT2D eigenvalue weighted by Crippen LogP contribution is -2.15. The monoisotopic (exact) mass is 374 g/mol. The number of aromatic nitrogens is 7. The maximum atomic E-state index is 6.04. The summed E-state index contributed by atoms with van der Waals surface area (Å²) in [6.07, 6.45) is 9.76. The Kier molecular flexibility index (Phi) is 4.12. The fourth-order valence-electron chi connectivity index (χ4n) is 3.96. The first kappa shape index (κ1) is 17.0. The first-order chi connectivity index (χ1) is 13.7. The highest BCUT2D eigenvalue weighted by atomic mass is 15.4. The van der Waals surface area contributed by atoms with Crippen LogP contribution in [0.3, 0.4) is 0 Å². The van der Waals surface area contributed by atoms with Crippen molar-refractivity contribution in [2.75, 3.05) is 0 Å². The quantitative estimate of drug-likeness (QED) is 0.588. The SMILES string of the molecule is Cn1cc(-c2ccc(-n3nnc4cnc(C[C@@H]5CC[C@H](N)C5)nc43)cc2)cn1. The van der Waals surface area contributed by atoms with Crippen molar-refractivity contribution in [1.29, 1.82) is 0 Å². The molecule has 0 saturated heterocycles. The molecule has 1 fully saturated rings. The summed E-state index contributed by atoms with van der Waals surface area (Å²) in [4.78, 5) is 9.24. The topological polar surface area (TPSA) is 100 Å². The Morgan fingerprint density at radius 3 is 2.68 bits per heavy atom. The van der Waals surface area contributed by atoms with Crippen molar-refractivity contribution in [1.82, 2.24) is 34.7 Å². The minimum atomic E-state index is 0.319. The maximum Gasteiger partial charge on any atom is 0.187 e. The van der Waals surface area contributed by atoms with Crippen LogP contribution in [0, 0.1) is 5.92 Å². The molecule has 1 aliphatic carbocycles. The van der Waals surface area contributed by atoms with E-state index in [1.165, 1.54) is 0 Å². The largest absolute Gasteiger partial charge is 0.328 e. The van der Waals surface area contributed by atoms with Crippen molar-refractivity contribution >= 4 is 11.2 Å². The van der Waals surface area contributed by atoms with E-state index in [4.69, 9.17) is 10.7 Å². The van der Waals surface area contributed by atoms with E-state index < -0.39 is 0 Å². The first-order valence-electron chi connectivity index (χ1n) is 9.58. The van der Waals surface area contributed by atoms with Crippen LogP contribution >= 0.6 is 0 Å². The summed E-state index contributed by atoms with van der Waals surface area (Å²) in [7, 11) is 1.91. The number of hydrogen-bond donors (Lipinski definition) is 1. The molecule has 0 radical (unpaired) electrons. The molecule has 1 saturated carbocycles. The van der Waals surface area contributed by atoms with Crippen LogP contribution in [-0.4, -0.2) is 40.8 Å². The molecule has 0 bridgehead atoms. The summed E-state index contributed by atoms with van der Waals surface area (Å²) < 4.78 is 3.57. The smallest absolute Gasteiger partial charge is 0.187 e. The molecular weight excluding hydrogens is 352 g/mol. The van der Waals surface area contributed by atoms with Crippen molar-refractivity contribution < 1.29 is 0 Å². The highest BCUT2D eigenvalue weighted by molar-refractivity contribution is 5.71. The zero-order valence-electron chi connectivity index (χ0n) is 15.7. The second-order valence-electron chi connectivity index (χ2n) is 7.59. The van der Waals surface area contributed by atoms with Gasteiger partial charge in [-0.15, -0.1) is 5.10 Å². The van der Waals surface area contributed by atoms with Crippen LogP contribution in [0.25, 0.3) is 28.0 Å². The average Bonchev–Trinajstić information content (AvgIpc) is 3.42. The van der Waals surface area contributed by atoms with Gasteiger partial charge >= 0.3 is 0 Å². The van der Waals surface area contributed by atoms with Crippen molar-refractivity contribution in [2.24, 2.45) is 18.7 Å². The minimum absolute atomic E-state index is 0.319. The van der Waals surface area contributed by atoms with Gasteiger partial charge in [0.2, 0.25) is 0 Å². The molecule has 8 heteroatoms. The zero-order valence-corrected chi connectivity index (χ0v) is 15.7. The molecule has 1 aliphatic rings. The Morgan fingerprint density at radius 2 is 1.96 bits per heavy atom. The molecular formula is C20H22N8. The van der Waals surface area contributed by atoms with Gasteiger partial charge < -0.3 is 5.73 Å². The summed E-state index contributed by atoms with van der Waals surface area (Å²) >= 11 is 0. The Bertz CT molecular complexity index is 1110. The number of nitrogens with zero attached hydrogens (tertiary/aromatic N) is 7. The molecule has 2 N–H and O–H groups in total. The van der Waals surface area contributed by atoms with Crippen LogP contribution < -0.4 is 5.73 Å². The summed E-state index contributed by atoms with van der Waals surface area (Å²) in [5.41, 5.74) is 10.6. The van der Waals surface area contributed by atoms with Crippen LogP contribution in [0.1, 0.15) is 25.1 Å². The molecule has 0 spiro atoms. The van der Waals surface area contributed by atoms with E-state index in [0.717, 1.165) is 54.0 Å². The highest BCUT2D eigenvalue weighted by Crippen LogP contribution is 2.27.